The van der Waals surface area contributed by atoms with Crippen LogP contribution in [0.5, 0.6) is 0 Å². The number of benzene rings is 2. The summed E-state index contributed by atoms with van der Waals surface area (Å²) in [6.07, 6.45) is 0.821. The Morgan fingerprint density at radius 3 is 2.64 bits per heavy atom. The number of nitrogens with one attached hydrogen (secondary N) is 1. The molecule has 7 nitrogen and oxygen atoms in total. The number of hydrogen-bond donors (Lipinski definition) is 1. The third kappa shape index (κ3) is 4.99. The van der Waals surface area contributed by atoms with E-state index in [9.17, 15) is 14.4 Å². The zero-order chi connectivity index (χ0) is 23.4. The molecule has 4 aromatic rings. The summed E-state index contributed by atoms with van der Waals surface area (Å²) < 4.78 is 6.26. The molecule has 1 N–H and O–H groups in total. The van der Waals surface area contributed by atoms with Crippen molar-refractivity contribution in [2.75, 3.05) is 18.2 Å². The molecule has 0 aliphatic rings. The van der Waals surface area contributed by atoms with Crippen molar-refractivity contribution in [3.8, 4) is 5.69 Å². The van der Waals surface area contributed by atoms with E-state index in [1.165, 1.54) is 30.2 Å². The van der Waals surface area contributed by atoms with Crippen LogP contribution in [-0.2, 0) is 16.0 Å². The van der Waals surface area contributed by atoms with Gasteiger partial charge in [-0.1, -0.05) is 43.0 Å². The van der Waals surface area contributed by atoms with Crippen molar-refractivity contribution in [2.45, 2.75) is 18.5 Å². The quantitative estimate of drug-likeness (QED) is 0.238. The molecule has 0 unspecified atom stereocenters. The molecule has 0 bridgehead atoms. The summed E-state index contributed by atoms with van der Waals surface area (Å²) in [6.45, 7) is 2.04. The molecule has 0 spiro atoms. The van der Waals surface area contributed by atoms with Crippen LogP contribution in [0.4, 0.5) is 5.69 Å². The van der Waals surface area contributed by atoms with Crippen LogP contribution >= 0.6 is 23.1 Å². The first-order valence-electron chi connectivity index (χ1n) is 10.2. The number of aryl methyl sites for hydroxylation is 1. The zero-order valence-corrected chi connectivity index (χ0v) is 19.7. The Hall–Kier alpha value is -3.43. The predicted molar refractivity (Wildman–Crippen MR) is 132 cm³/mol. The second-order valence-corrected chi connectivity index (χ2v) is 9.12. The first kappa shape index (κ1) is 22.8. The van der Waals surface area contributed by atoms with Crippen LogP contribution in [0.15, 0.2) is 70.6 Å². The first-order valence-corrected chi connectivity index (χ1v) is 12.0. The summed E-state index contributed by atoms with van der Waals surface area (Å²) in [4.78, 5) is 44.1. The number of anilines is 1. The van der Waals surface area contributed by atoms with Crippen LogP contribution in [0.1, 0.15) is 22.2 Å². The summed E-state index contributed by atoms with van der Waals surface area (Å²) in [6, 6.07) is 17.7. The van der Waals surface area contributed by atoms with Crippen molar-refractivity contribution in [3.63, 3.8) is 0 Å². The number of amides is 1. The Labute approximate surface area is 198 Å². The minimum atomic E-state index is -0.479. The highest BCUT2D eigenvalue weighted by molar-refractivity contribution is 7.99. The number of aromatic nitrogens is 2. The number of rotatable bonds is 7. The summed E-state index contributed by atoms with van der Waals surface area (Å²) >= 11 is 2.68. The van der Waals surface area contributed by atoms with Gasteiger partial charge in [0.2, 0.25) is 5.91 Å². The molecular weight excluding hydrogens is 458 g/mol. The second kappa shape index (κ2) is 10.0. The number of nitrogens with zero attached hydrogens (tertiary/aromatic N) is 2. The van der Waals surface area contributed by atoms with Gasteiger partial charge in [0, 0.05) is 10.6 Å². The van der Waals surface area contributed by atoms with E-state index in [0.717, 1.165) is 11.3 Å². The van der Waals surface area contributed by atoms with Gasteiger partial charge in [0.25, 0.3) is 5.56 Å². The lowest BCUT2D eigenvalue weighted by Crippen LogP contribution is -2.22. The lowest BCUT2D eigenvalue weighted by molar-refractivity contribution is -0.113. The average molecular weight is 480 g/mol. The molecule has 0 atom stereocenters. The van der Waals surface area contributed by atoms with Gasteiger partial charge in [-0.25, -0.2) is 9.78 Å². The average Bonchev–Trinajstić information content (AvgIpc) is 3.27. The molecule has 9 heteroatoms. The fourth-order valence-electron chi connectivity index (χ4n) is 3.26. The Balaban J connectivity index is 1.61. The number of ether oxygens (including phenoxy) is 1. The number of thiophene rings is 1. The Bertz CT molecular complexity index is 1380. The maximum atomic E-state index is 13.3. The van der Waals surface area contributed by atoms with Gasteiger partial charge in [-0.05, 0) is 42.8 Å². The Kier molecular flexibility index (Phi) is 6.90. The van der Waals surface area contributed by atoms with E-state index in [2.05, 4.69) is 5.32 Å². The van der Waals surface area contributed by atoms with Crippen LogP contribution in [-0.4, -0.2) is 34.3 Å². The van der Waals surface area contributed by atoms with Crippen molar-refractivity contribution >= 4 is 50.9 Å². The molecule has 33 heavy (non-hydrogen) atoms. The summed E-state index contributed by atoms with van der Waals surface area (Å²) in [5.41, 5.74) is 1.36. The summed E-state index contributed by atoms with van der Waals surface area (Å²) in [5.74, 6) is -0.720. The SMILES string of the molecule is CCc1cc2c(=O)n(-c3ccccc3)c(SCC(=O)Nc3cccc(C(=O)OC)c3)nc2s1. The Morgan fingerprint density at radius 2 is 1.91 bits per heavy atom. The van der Waals surface area contributed by atoms with Crippen LogP contribution in [0.25, 0.3) is 15.9 Å². The largest absolute Gasteiger partial charge is 0.465 e. The van der Waals surface area contributed by atoms with E-state index < -0.39 is 5.97 Å². The fourth-order valence-corrected chi connectivity index (χ4v) is 5.08. The highest BCUT2D eigenvalue weighted by atomic mass is 32.2. The van der Waals surface area contributed by atoms with Gasteiger partial charge in [-0.15, -0.1) is 11.3 Å². The van der Waals surface area contributed by atoms with Gasteiger partial charge in [-0.2, -0.15) is 0 Å². The van der Waals surface area contributed by atoms with Gasteiger partial charge in [0.1, 0.15) is 4.83 Å². The molecule has 1 amide bonds. The summed E-state index contributed by atoms with van der Waals surface area (Å²) in [5, 5.41) is 3.80. The number of carbonyl (C=O) groups excluding carboxylic acids is 2. The summed E-state index contributed by atoms with van der Waals surface area (Å²) in [7, 11) is 1.30. The van der Waals surface area contributed by atoms with Crippen LogP contribution < -0.4 is 10.9 Å². The number of fused-ring (bicyclic) bond motifs is 1. The van der Waals surface area contributed by atoms with Crippen LogP contribution in [0, 0.1) is 0 Å². The van der Waals surface area contributed by atoms with E-state index in [1.54, 1.807) is 28.8 Å². The first-order chi connectivity index (χ1) is 16.0. The highest BCUT2D eigenvalue weighted by Gasteiger charge is 2.17. The number of hydrogen-bond acceptors (Lipinski definition) is 7. The molecule has 0 saturated carbocycles. The lowest BCUT2D eigenvalue weighted by atomic mass is 10.2. The monoisotopic (exact) mass is 479 g/mol. The van der Waals surface area contributed by atoms with Crippen molar-refractivity contribution in [2.24, 2.45) is 0 Å². The molecule has 2 heterocycles. The van der Waals surface area contributed by atoms with Crippen LogP contribution in [0.2, 0.25) is 0 Å². The third-order valence-corrected chi connectivity index (χ3v) is 6.96. The molecule has 2 aromatic carbocycles. The molecular formula is C24H21N3O4S2. The number of esters is 1. The van der Waals surface area contributed by atoms with Gasteiger partial charge >= 0.3 is 5.97 Å². The minimum Gasteiger partial charge on any atom is -0.465 e. The lowest BCUT2D eigenvalue weighted by Gasteiger charge is -2.12. The smallest absolute Gasteiger partial charge is 0.337 e. The van der Waals surface area contributed by atoms with Gasteiger partial charge < -0.3 is 10.1 Å². The second-order valence-electron chi connectivity index (χ2n) is 7.06. The maximum absolute atomic E-state index is 13.3. The van der Waals surface area contributed by atoms with E-state index in [4.69, 9.17) is 9.72 Å². The Morgan fingerprint density at radius 1 is 1.12 bits per heavy atom. The maximum Gasteiger partial charge on any atom is 0.337 e. The zero-order valence-electron chi connectivity index (χ0n) is 18.0. The van der Waals surface area contributed by atoms with E-state index in [-0.39, 0.29) is 17.2 Å². The number of para-hydroxylation sites is 1. The van der Waals surface area contributed by atoms with E-state index in [1.807, 2.05) is 43.3 Å². The molecule has 0 saturated heterocycles. The number of carbonyl (C=O) groups is 2. The standard InChI is InChI=1S/C24H21N3O4S2/c1-3-18-13-19-21(33-18)26-24(27(22(19)29)17-10-5-4-6-11-17)32-14-20(28)25-16-9-7-8-15(12-16)23(30)31-2/h4-13H,3,14H2,1-2H3,(H,25,28). The van der Waals surface area contributed by atoms with Crippen LogP contribution in [0.3, 0.4) is 0 Å². The van der Waals surface area contributed by atoms with Gasteiger partial charge in [0.05, 0.1) is 29.5 Å². The van der Waals surface area contributed by atoms with Crippen molar-refractivity contribution in [3.05, 3.63) is 81.5 Å². The topological polar surface area (TPSA) is 90.3 Å². The van der Waals surface area contributed by atoms with Gasteiger partial charge in [0.15, 0.2) is 5.16 Å². The normalized spacial score (nSPS) is 10.8. The minimum absolute atomic E-state index is 0.0409. The molecule has 0 radical (unpaired) electrons. The van der Waals surface area contributed by atoms with E-state index >= 15 is 0 Å². The van der Waals surface area contributed by atoms with E-state index in [0.29, 0.717) is 32.3 Å². The molecule has 2 aromatic heterocycles. The fraction of sp³-hybridized carbons (Fsp3) is 0.167. The van der Waals surface area contributed by atoms with Crippen molar-refractivity contribution in [1.82, 2.24) is 9.55 Å². The number of thioether (sulfide) groups is 1. The molecule has 168 valence electrons. The van der Waals surface area contributed by atoms with Crippen molar-refractivity contribution < 1.29 is 14.3 Å². The molecule has 0 aliphatic carbocycles. The molecule has 0 fully saturated rings. The van der Waals surface area contributed by atoms with Crippen molar-refractivity contribution in [1.29, 1.82) is 0 Å². The highest BCUT2D eigenvalue weighted by Crippen LogP contribution is 2.27. The molecule has 4 rings (SSSR count). The number of methoxy groups -OCH3 is 1. The predicted octanol–water partition coefficient (Wildman–Crippen LogP) is 4.53. The third-order valence-electron chi connectivity index (χ3n) is 4.85. The molecule has 0 aliphatic heterocycles. The van der Waals surface area contributed by atoms with Gasteiger partial charge in [-0.3, -0.25) is 14.2 Å².